The highest BCUT2D eigenvalue weighted by Gasteiger charge is 2.24. The van der Waals surface area contributed by atoms with E-state index >= 15 is 0 Å². The van der Waals surface area contributed by atoms with Crippen LogP contribution in [0.3, 0.4) is 0 Å². The number of hydrogen-bond donors (Lipinski definition) is 0. The molecule has 0 N–H and O–H groups in total. The van der Waals surface area contributed by atoms with E-state index in [1.54, 1.807) is 14.0 Å². The van der Waals surface area contributed by atoms with E-state index in [1.165, 1.54) is 101 Å². The van der Waals surface area contributed by atoms with Crippen LogP contribution in [0.15, 0.2) is 0 Å². The summed E-state index contributed by atoms with van der Waals surface area (Å²) in [5.41, 5.74) is 0. The van der Waals surface area contributed by atoms with Crippen LogP contribution >= 0.6 is 0 Å². The molecular weight excluding hydrogens is 414 g/mol. The molecule has 0 aliphatic heterocycles. The fourth-order valence-electron chi connectivity index (χ4n) is 3.87. The molecule has 0 saturated heterocycles. The Bertz CT molecular complexity index is 455. The number of unbranched alkanes of at least 4 members (excludes halogenated alkanes) is 17. The Labute approximate surface area is 205 Å². The average Bonchev–Trinajstić information content (AvgIpc) is 2.82. The van der Waals surface area contributed by atoms with Crippen LogP contribution in [-0.4, -0.2) is 43.3 Å². The molecule has 0 radical (unpaired) electrons. The monoisotopic (exact) mass is 469 g/mol. The van der Waals surface area contributed by atoms with Gasteiger partial charge in [0.1, 0.15) is 6.04 Å². The summed E-state index contributed by atoms with van der Waals surface area (Å²) in [5.74, 6) is -0.354. The second-order valence-corrected chi connectivity index (χ2v) is 9.58. The molecule has 33 heavy (non-hydrogen) atoms. The molecule has 0 spiro atoms. The van der Waals surface area contributed by atoms with Crippen molar-refractivity contribution in [1.29, 1.82) is 0 Å². The Morgan fingerprint density at radius 3 is 1.30 bits per heavy atom. The largest absolute Gasteiger partial charge is 0.464 e. The van der Waals surface area contributed by atoms with Crippen molar-refractivity contribution in [2.75, 3.05) is 20.3 Å². The fraction of sp³-hybridized carbons (Fsp3) is 0.929. The summed E-state index contributed by atoms with van der Waals surface area (Å²) in [6.45, 7) is 7.00. The van der Waals surface area contributed by atoms with Crippen molar-refractivity contribution in [3.8, 4) is 0 Å². The summed E-state index contributed by atoms with van der Waals surface area (Å²) in [5, 5.41) is 0. The Morgan fingerprint density at radius 1 is 0.576 bits per heavy atom. The molecule has 1 atom stereocenters. The number of amides is 1. The van der Waals surface area contributed by atoms with Crippen LogP contribution in [0, 0.1) is 0 Å². The van der Waals surface area contributed by atoms with Crippen LogP contribution < -0.4 is 0 Å². The standard InChI is InChI=1S/C28H55NO4/c1-5-7-9-11-13-14-15-16-17-18-19-21-22-24-32-27(30)26(3)29(4)28(31)33-25-23-20-12-10-8-6-2/h26H,5-25H2,1-4H3. The lowest BCUT2D eigenvalue weighted by Crippen LogP contribution is -2.41. The Balaban J connectivity index is 3.59. The molecule has 0 bridgehead atoms. The van der Waals surface area contributed by atoms with Crippen molar-refractivity contribution >= 4 is 12.1 Å². The van der Waals surface area contributed by atoms with Gasteiger partial charge in [0, 0.05) is 7.05 Å². The second-order valence-electron chi connectivity index (χ2n) is 9.58. The summed E-state index contributed by atoms with van der Waals surface area (Å²) in [6.07, 6.45) is 23.2. The van der Waals surface area contributed by atoms with Crippen molar-refractivity contribution in [1.82, 2.24) is 4.90 Å². The first-order valence-electron chi connectivity index (χ1n) is 14.1. The Hall–Kier alpha value is -1.26. The first-order chi connectivity index (χ1) is 16.0. The quantitative estimate of drug-likeness (QED) is 0.111. The molecule has 0 aromatic carbocycles. The molecule has 0 heterocycles. The number of nitrogens with zero attached hydrogens (tertiary/aromatic N) is 1. The van der Waals surface area contributed by atoms with Gasteiger partial charge in [-0.25, -0.2) is 9.59 Å². The minimum atomic E-state index is -0.621. The van der Waals surface area contributed by atoms with Crippen LogP contribution in [0.25, 0.3) is 0 Å². The van der Waals surface area contributed by atoms with Gasteiger partial charge in [0.05, 0.1) is 13.2 Å². The number of hydrogen-bond acceptors (Lipinski definition) is 4. The van der Waals surface area contributed by atoms with Gasteiger partial charge in [-0.1, -0.05) is 123 Å². The average molecular weight is 470 g/mol. The van der Waals surface area contributed by atoms with Crippen LogP contribution in [0.5, 0.6) is 0 Å². The van der Waals surface area contributed by atoms with Gasteiger partial charge in [-0.3, -0.25) is 4.90 Å². The zero-order chi connectivity index (χ0) is 24.6. The third-order valence-corrected chi connectivity index (χ3v) is 6.43. The van der Waals surface area contributed by atoms with Gasteiger partial charge in [0.2, 0.25) is 0 Å². The van der Waals surface area contributed by atoms with E-state index in [0.717, 1.165) is 25.7 Å². The second kappa shape index (κ2) is 23.9. The van der Waals surface area contributed by atoms with Gasteiger partial charge >= 0.3 is 12.1 Å². The van der Waals surface area contributed by atoms with Crippen LogP contribution in [-0.2, 0) is 14.3 Å². The van der Waals surface area contributed by atoms with Gasteiger partial charge in [-0.15, -0.1) is 0 Å². The fourth-order valence-corrected chi connectivity index (χ4v) is 3.87. The van der Waals surface area contributed by atoms with E-state index in [4.69, 9.17) is 9.47 Å². The topological polar surface area (TPSA) is 55.8 Å². The molecule has 0 aromatic rings. The smallest absolute Gasteiger partial charge is 0.410 e. The van der Waals surface area contributed by atoms with E-state index in [0.29, 0.717) is 13.2 Å². The maximum atomic E-state index is 12.2. The number of carbonyl (C=O) groups is 2. The minimum absolute atomic E-state index is 0.354. The zero-order valence-electron chi connectivity index (χ0n) is 22.5. The molecule has 0 aromatic heterocycles. The maximum Gasteiger partial charge on any atom is 0.410 e. The molecule has 0 aliphatic rings. The van der Waals surface area contributed by atoms with Gasteiger partial charge in [-0.2, -0.15) is 0 Å². The number of ether oxygens (including phenoxy) is 2. The summed E-state index contributed by atoms with van der Waals surface area (Å²) < 4.78 is 10.7. The predicted octanol–water partition coefficient (Wildman–Crippen LogP) is 8.44. The van der Waals surface area contributed by atoms with E-state index < -0.39 is 12.1 Å². The maximum absolute atomic E-state index is 12.2. The van der Waals surface area contributed by atoms with Crippen LogP contribution in [0.1, 0.15) is 143 Å². The van der Waals surface area contributed by atoms with Gasteiger partial charge in [0.15, 0.2) is 0 Å². The normalized spacial score (nSPS) is 11.9. The lowest BCUT2D eigenvalue weighted by atomic mass is 10.0. The molecule has 1 amide bonds. The zero-order valence-corrected chi connectivity index (χ0v) is 22.5. The molecule has 0 aliphatic carbocycles. The summed E-state index contributed by atoms with van der Waals surface area (Å²) >= 11 is 0. The lowest BCUT2D eigenvalue weighted by molar-refractivity contribution is -0.148. The summed E-state index contributed by atoms with van der Waals surface area (Å²) in [4.78, 5) is 25.7. The summed E-state index contributed by atoms with van der Waals surface area (Å²) in [6, 6.07) is -0.621. The molecule has 0 fully saturated rings. The molecule has 5 heteroatoms. The highest BCUT2D eigenvalue weighted by atomic mass is 16.6. The third kappa shape index (κ3) is 19.9. The Morgan fingerprint density at radius 2 is 0.909 bits per heavy atom. The van der Waals surface area contributed by atoms with Gasteiger partial charge < -0.3 is 9.47 Å². The van der Waals surface area contributed by atoms with E-state index in [-0.39, 0.29) is 5.97 Å². The molecule has 1 unspecified atom stereocenters. The van der Waals surface area contributed by atoms with Crippen LogP contribution in [0.4, 0.5) is 4.79 Å². The van der Waals surface area contributed by atoms with Gasteiger partial charge in [-0.05, 0) is 19.8 Å². The SMILES string of the molecule is CCCCCCCCCCCCCCCOC(=O)C(C)N(C)C(=O)OCCCCCCCC. The molecular formula is C28H55NO4. The highest BCUT2D eigenvalue weighted by Crippen LogP contribution is 2.13. The van der Waals surface area contributed by atoms with Crippen molar-refractivity contribution < 1.29 is 19.1 Å². The molecule has 0 rings (SSSR count). The number of likely N-dealkylation sites (N-methyl/N-ethyl adjacent to an activating group) is 1. The van der Waals surface area contributed by atoms with Gasteiger partial charge in [0.25, 0.3) is 0 Å². The highest BCUT2D eigenvalue weighted by molar-refractivity contribution is 5.80. The minimum Gasteiger partial charge on any atom is -0.464 e. The van der Waals surface area contributed by atoms with Crippen molar-refractivity contribution in [3.63, 3.8) is 0 Å². The lowest BCUT2D eigenvalue weighted by Gasteiger charge is -2.22. The molecule has 196 valence electrons. The number of rotatable bonds is 23. The Kier molecular flexibility index (Phi) is 23.0. The molecule has 5 nitrogen and oxygen atoms in total. The van der Waals surface area contributed by atoms with Crippen molar-refractivity contribution in [2.24, 2.45) is 0 Å². The van der Waals surface area contributed by atoms with E-state index in [9.17, 15) is 9.59 Å². The van der Waals surface area contributed by atoms with E-state index in [1.807, 2.05) is 0 Å². The number of esters is 1. The number of carbonyl (C=O) groups excluding carboxylic acids is 2. The van der Waals surface area contributed by atoms with Crippen molar-refractivity contribution in [2.45, 2.75) is 149 Å². The summed E-state index contributed by atoms with van der Waals surface area (Å²) in [7, 11) is 1.60. The predicted molar refractivity (Wildman–Crippen MR) is 139 cm³/mol. The van der Waals surface area contributed by atoms with Crippen molar-refractivity contribution in [3.05, 3.63) is 0 Å². The first-order valence-corrected chi connectivity index (χ1v) is 14.1. The van der Waals surface area contributed by atoms with E-state index in [2.05, 4.69) is 13.8 Å². The molecule has 0 saturated carbocycles. The van der Waals surface area contributed by atoms with Crippen LogP contribution in [0.2, 0.25) is 0 Å². The first kappa shape index (κ1) is 31.7. The third-order valence-electron chi connectivity index (χ3n) is 6.43.